The number of hydrogen-bond donors (Lipinski definition) is 2. The molecular formula is C15H20N4. The standard InChI is InChI=1S/C15H20N4/c16-11-12-3-4-15-14(10-12)18-7-9-19(15)8-5-13-2-1-6-17-13/h3-4,10,13,17-18H,1-2,5-9H2. The molecule has 0 radical (unpaired) electrons. The summed E-state index contributed by atoms with van der Waals surface area (Å²) in [6.07, 6.45) is 3.83. The van der Waals surface area contributed by atoms with Crippen molar-refractivity contribution in [3.8, 4) is 6.07 Å². The topological polar surface area (TPSA) is 51.1 Å². The summed E-state index contributed by atoms with van der Waals surface area (Å²) in [5.41, 5.74) is 3.07. The number of nitriles is 1. The van der Waals surface area contributed by atoms with Crippen LogP contribution in [0.1, 0.15) is 24.8 Å². The molecule has 0 aromatic heterocycles. The summed E-state index contributed by atoms with van der Waals surface area (Å²) >= 11 is 0. The summed E-state index contributed by atoms with van der Waals surface area (Å²) < 4.78 is 0. The molecule has 3 rings (SSSR count). The van der Waals surface area contributed by atoms with Crippen LogP contribution in [0.2, 0.25) is 0 Å². The van der Waals surface area contributed by atoms with E-state index in [0.29, 0.717) is 6.04 Å². The largest absolute Gasteiger partial charge is 0.382 e. The lowest BCUT2D eigenvalue weighted by Gasteiger charge is -2.33. The van der Waals surface area contributed by atoms with Crippen molar-refractivity contribution in [3.05, 3.63) is 23.8 Å². The van der Waals surface area contributed by atoms with Crippen molar-refractivity contribution in [2.24, 2.45) is 0 Å². The predicted octanol–water partition coefficient (Wildman–Crippen LogP) is 1.93. The van der Waals surface area contributed by atoms with Gasteiger partial charge in [-0.15, -0.1) is 0 Å². The lowest BCUT2D eigenvalue weighted by atomic mass is 10.1. The number of fused-ring (bicyclic) bond motifs is 1. The lowest BCUT2D eigenvalue weighted by molar-refractivity contribution is 0.550. The van der Waals surface area contributed by atoms with E-state index in [-0.39, 0.29) is 0 Å². The van der Waals surface area contributed by atoms with Crippen LogP contribution in [0.25, 0.3) is 0 Å². The molecule has 1 aromatic rings. The molecule has 0 spiro atoms. The van der Waals surface area contributed by atoms with E-state index in [1.807, 2.05) is 12.1 Å². The van der Waals surface area contributed by atoms with Gasteiger partial charge in [0.05, 0.1) is 23.0 Å². The van der Waals surface area contributed by atoms with E-state index in [1.165, 1.54) is 31.5 Å². The number of rotatable bonds is 3. The molecular weight excluding hydrogens is 236 g/mol. The third-order valence-electron chi connectivity index (χ3n) is 4.07. The summed E-state index contributed by atoms with van der Waals surface area (Å²) in [4.78, 5) is 2.44. The Morgan fingerprint density at radius 1 is 1.37 bits per heavy atom. The molecule has 0 saturated carbocycles. The first-order valence-electron chi connectivity index (χ1n) is 7.13. The quantitative estimate of drug-likeness (QED) is 0.867. The van der Waals surface area contributed by atoms with E-state index in [1.54, 1.807) is 0 Å². The van der Waals surface area contributed by atoms with E-state index in [0.717, 1.165) is 30.9 Å². The molecule has 2 N–H and O–H groups in total. The average molecular weight is 256 g/mol. The molecule has 1 atom stereocenters. The number of nitrogens with one attached hydrogen (secondary N) is 2. The zero-order chi connectivity index (χ0) is 13.1. The zero-order valence-electron chi connectivity index (χ0n) is 11.2. The molecule has 19 heavy (non-hydrogen) atoms. The molecule has 0 bridgehead atoms. The second-order valence-corrected chi connectivity index (χ2v) is 5.34. The molecule has 4 heteroatoms. The molecule has 2 aliphatic heterocycles. The maximum Gasteiger partial charge on any atom is 0.0992 e. The first kappa shape index (κ1) is 12.3. The average Bonchev–Trinajstić information content (AvgIpc) is 2.97. The van der Waals surface area contributed by atoms with Crippen LogP contribution in [0.4, 0.5) is 11.4 Å². The van der Waals surface area contributed by atoms with Crippen molar-refractivity contribution in [3.63, 3.8) is 0 Å². The van der Waals surface area contributed by atoms with Gasteiger partial charge in [-0.05, 0) is 44.0 Å². The Hall–Kier alpha value is -1.73. The Morgan fingerprint density at radius 3 is 3.11 bits per heavy atom. The number of benzene rings is 1. The summed E-state index contributed by atoms with van der Waals surface area (Å²) in [5, 5.41) is 15.9. The Kier molecular flexibility index (Phi) is 3.56. The Balaban J connectivity index is 1.69. The van der Waals surface area contributed by atoms with Crippen LogP contribution in [0.3, 0.4) is 0 Å². The van der Waals surface area contributed by atoms with Crippen molar-refractivity contribution >= 4 is 11.4 Å². The van der Waals surface area contributed by atoms with Crippen molar-refractivity contribution in [2.45, 2.75) is 25.3 Å². The fraction of sp³-hybridized carbons (Fsp3) is 0.533. The van der Waals surface area contributed by atoms with Crippen LogP contribution in [0.15, 0.2) is 18.2 Å². The normalized spacial score (nSPS) is 21.6. The first-order chi connectivity index (χ1) is 9.36. The molecule has 1 unspecified atom stereocenters. The lowest BCUT2D eigenvalue weighted by Crippen LogP contribution is -2.37. The number of nitrogens with zero attached hydrogens (tertiary/aromatic N) is 2. The minimum Gasteiger partial charge on any atom is -0.382 e. The van der Waals surface area contributed by atoms with Crippen LogP contribution in [0, 0.1) is 11.3 Å². The minimum absolute atomic E-state index is 0.691. The van der Waals surface area contributed by atoms with E-state index >= 15 is 0 Å². The van der Waals surface area contributed by atoms with Gasteiger partial charge in [0.2, 0.25) is 0 Å². The highest BCUT2D eigenvalue weighted by atomic mass is 15.2. The highest BCUT2D eigenvalue weighted by Gasteiger charge is 2.19. The van der Waals surface area contributed by atoms with E-state index in [9.17, 15) is 0 Å². The molecule has 1 saturated heterocycles. The highest BCUT2D eigenvalue weighted by Crippen LogP contribution is 2.30. The third-order valence-corrected chi connectivity index (χ3v) is 4.07. The summed E-state index contributed by atoms with van der Waals surface area (Å²) in [6, 6.07) is 8.83. The molecule has 0 amide bonds. The number of hydrogen-bond acceptors (Lipinski definition) is 4. The zero-order valence-corrected chi connectivity index (χ0v) is 11.2. The number of anilines is 2. The van der Waals surface area contributed by atoms with Gasteiger partial charge in [-0.25, -0.2) is 0 Å². The maximum absolute atomic E-state index is 8.95. The predicted molar refractivity (Wildman–Crippen MR) is 77.5 cm³/mol. The second kappa shape index (κ2) is 5.50. The first-order valence-corrected chi connectivity index (χ1v) is 7.13. The molecule has 2 aliphatic rings. The van der Waals surface area contributed by atoms with Crippen LogP contribution in [-0.2, 0) is 0 Å². The Morgan fingerprint density at radius 2 is 2.32 bits per heavy atom. The van der Waals surface area contributed by atoms with Gasteiger partial charge in [-0.3, -0.25) is 0 Å². The molecule has 100 valence electrons. The summed E-state index contributed by atoms with van der Waals surface area (Å²) in [6.45, 7) is 4.28. The van der Waals surface area contributed by atoms with Gasteiger partial charge in [0.1, 0.15) is 0 Å². The van der Waals surface area contributed by atoms with Crippen LogP contribution in [0.5, 0.6) is 0 Å². The summed E-state index contributed by atoms with van der Waals surface area (Å²) in [5.74, 6) is 0. The van der Waals surface area contributed by atoms with E-state index < -0.39 is 0 Å². The van der Waals surface area contributed by atoms with Crippen molar-refractivity contribution in [1.29, 1.82) is 5.26 Å². The minimum atomic E-state index is 0.691. The smallest absolute Gasteiger partial charge is 0.0992 e. The van der Waals surface area contributed by atoms with Crippen LogP contribution in [-0.4, -0.2) is 32.2 Å². The summed E-state index contributed by atoms with van der Waals surface area (Å²) in [7, 11) is 0. The van der Waals surface area contributed by atoms with Gasteiger partial charge in [0.15, 0.2) is 0 Å². The SMILES string of the molecule is N#Cc1ccc2c(c1)NCCN2CCC1CCCN1. The van der Waals surface area contributed by atoms with Gasteiger partial charge < -0.3 is 15.5 Å². The maximum atomic E-state index is 8.95. The Labute approximate surface area is 114 Å². The molecule has 2 heterocycles. The molecule has 1 aromatic carbocycles. The van der Waals surface area contributed by atoms with Gasteiger partial charge >= 0.3 is 0 Å². The van der Waals surface area contributed by atoms with Crippen molar-refractivity contribution < 1.29 is 0 Å². The van der Waals surface area contributed by atoms with Crippen molar-refractivity contribution in [1.82, 2.24) is 5.32 Å². The van der Waals surface area contributed by atoms with E-state index in [4.69, 9.17) is 5.26 Å². The monoisotopic (exact) mass is 256 g/mol. The molecule has 0 aliphatic carbocycles. The fourth-order valence-electron chi connectivity index (χ4n) is 3.02. The van der Waals surface area contributed by atoms with Crippen LogP contribution < -0.4 is 15.5 Å². The van der Waals surface area contributed by atoms with Gasteiger partial charge in [-0.2, -0.15) is 5.26 Å². The van der Waals surface area contributed by atoms with Gasteiger partial charge in [0, 0.05) is 25.7 Å². The molecule has 4 nitrogen and oxygen atoms in total. The third kappa shape index (κ3) is 2.66. The second-order valence-electron chi connectivity index (χ2n) is 5.34. The van der Waals surface area contributed by atoms with E-state index in [2.05, 4.69) is 27.7 Å². The Bertz CT molecular complexity index is 485. The molecule has 1 fully saturated rings. The van der Waals surface area contributed by atoms with Gasteiger partial charge in [-0.1, -0.05) is 0 Å². The van der Waals surface area contributed by atoms with Crippen LogP contribution >= 0.6 is 0 Å². The highest BCUT2D eigenvalue weighted by molar-refractivity contribution is 5.73. The van der Waals surface area contributed by atoms with Gasteiger partial charge in [0.25, 0.3) is 0 Å². The van der Waals surface area contributed by atoms with Crippen molar-refractivity contribution in [2.75, 3.05) is 36.4 Å². The fourth-order valence-corrected chi connectivity index (χ4v) is 3.02.